The van der Waals surface area contributed by atoms with Crippen molar-refractivity contribution in [2.45, 2.75) is 0 Å². The Kier molecular flexibility index (Phi) is 6.15. The number of hydrazine groups is 1. The number of methoxy groups -OCH3 is 3. The van der Waals surface area contributed by atoms with Crippen molar-refractivity contribution in [2.75, 3.05) is 21.3 Å². The molecule has 0 fully saturated rings. The molecule has 0 aromatic heterocycles. The zero-order chi connectivity index (χ0) is 19.1. The molecule has 2 aromatic carbocycles. The molecule has 0 spiro atoms. The predicted octanol–water partition coefficient (Wildman–Crippen LogP) is 1.57. The fourth-order valence-electron chi connectivity index (χ4n) is 2.14. The van der Waals surface area contributed by atoms with Crippen LogP contribution in [0.25, 0.3) is 0 Å². The maximum absolute atomic E-state index is 12.2. The molecule has 0 unspecified atom stereocenters. The van der Waals surface area contributed by atoms with Gasteiger partial charge in [-0.25, -0.2) is 4.79 Å². The summed E-state index contributed by atoms with van der Waals surface area (Å²) in [6.45, 7) is 0. The molecule has 8 nitrogen and oxygen atoms in total. The molecule has 0 aliphatic carbocycles. The summed E-state index contributed by atoms with van der Waals surface area (Å²) in [6, 6.07) is 10.5. The summed E-state index contributed by atoms with van der Waals surface area (Å²) in [4.78, 5) is 35.8. The van der Waals surface area contributed by atoms with Crippen LogP contribution >= 0.6 is 0 Å². The second-order valence-electron chi connectivity index (χ2n) is 5.05. The van der Waals surface area contributed by atoms with Crippen molar-refractivity contribution in [3.63, 3.8) is 0 Å². The number of rotatable bonds is 5. The SMILES string of the molecule is COC(=O)c1cccc(C(=O)NNC(=O)c2ccc(OC)c(OC)c2)c1. The van der Waals surface area contributed by atoms with Gasteiger partial charge in [0.2, 0.25) is 0 Å². The molecule has 2 aromatic rings. The van der Waals surface area contributed by atoms with Crippen LogP contribution in [0, 0.1) is 0 Å². The third-order valence-corrected chi connectivity index (χ3v) is 3.48. The van der Waals surface area contributed by atoms with Crippen molar-refractivity contribution in [1.82, 2.24) is 10.9 Å². The molecule has 8 heteroatoms. The van der Waals surface area contributed by atoms with E-state index in [-0.39, 0.29) is 16.7 Å². The van der Waals surface area contributed by atoms with Crippen LogP contribution in [0.1, 0.15) is 31.1 Å². The summed E-state index contributed by atoms with van der Waals surface area (Å²) in [5, 5.41) is 0. The van der Waals surface area contributed by atoms with Crippen LogP contribution in [-0.4, -0.2) is 39.1 Å². The van der Waals surface area contributed by atoms with Crippen LogP contribution in [0.3, 0.4) is 0 Å². The number of benzene rings is 2. The summed E-state index contributed by atoms with van der Waals surface area (Å²) >= 11 is 0. The van der Waals surface area contributed by atoms with Crippen molar-refractivity contribution in [3.8, 4) is 11.5 Å². The lowest BCUT2D eigenvalue weighted by atomic mass is 10.1. The van der Waals surface area contributed by atoms with Gasteiger partial charge in [0.05, 0.1) is 26.9 Å². The lowest BCUT2D eigenvalue weighted by Crippen LogP contribution is -2.41. The lowest BCUT2D eigenvalue weighted by Gasteiger charge is -2.11. The van der Waals surface area contributed by atoms with Crippen molar-refractivity contribution < 1.29 is 28.6 Å². The van der Waals surface area contributed by atoms with Gasteiger partial charge in [-0.3, -0.25) is 20.4 Å². The Bertz CT molecular complexity index is 834. The van der Waals surface area contributed by atoms with E-state index in [1.807, 2.05) is 0 Å². The standard InChI is InChI=1S/C18H18N2O6/c1-24-14-8-7-12(10-15(14)25-2)17(22)20-19-16(21)11-5-4-6-13(9-11)18(23)26-3/h4-10H,1-3H3,(H,19,21)(H,20,22). The second-order valence-corrected chi connectivity index (χ2v) is 5.05. The van der Waals surface area contributed by atoms with Crippen molar-refractivity contribution in [1.29, 1.82) is 0 Å². The fourth-order valence-corrected chi connectivity index (χ4v) is 2.14. The maximum Gasteiger partial charge on any atom is 0.337 e. The largest absolute Gasteiger partial charge is 0.493 e. The van der Waals surface area contributed by atoms with Crippen LogP contribution in [0.15, 0.2) is 42.5 Å². The molecule has 0 saturated carbocycles. The second kappa shape index (κ2) is 8.52. The number of nitrogens with one attached hydrogen (secondary N) is 2. The van der Waals surface area contributed by atoms with E-state index >= 15 is 0 Å². The van der Waals surface area contributed by atoms with E-state index < -0.39 is 17.8 Å². The van der Waals surface area contributed by atoms with Crippen LogP contribution in [0.4, 0.5) is 0 Å². The van der Waals surface area contributed by atoms with Crippen molar-refractivity contribution in [3.05, 3.63) is 59.2 Å². The Hall–Kier alpha value is -3.55. The number of hydrogen-bond acceptors (Lipinski definition) is 6. The first-order valence-corrected chi connectivity index (χ1v) is 7.51. The quantitative estimate of drug-likeness (QED) is 0.621. The molecular formula is C18H18N2O6. The normalized spacial score (nSPS) is 9.81. The molecule has 26 heavy (non-hydrogen) atoms. The summed E-state index contributed by atoms with van der Waals surface area (Å²) in [7, 11) is 4.19. The Balaban J connectivity index is 2.05. The molecule has 0 saturated heterocycles. The molecule has 0 aliphatic heterocycles. The number of carbonyl (C=O) groups is 3. The van der Waals surface area contributed by atoms with E-state index in [1.54, 1.807) is 6.07 Å². The fraction of sp³-hybridized carbons (Fsp3) is 0.167. The Labute approximate surface area is 150 Å². The molecule has 2 N–H and O–H groups in total. The Morgan fingerprint density at radius 3 is 1.88 bits per heavy atom. The minimum atomic E-state index is -0.579. The van der Waals surface area contributed by atoms with Gasteiger partial charge in [-0.05, 0) is 36.4 Å². The summed E-state index contributed by atoms with van der Waals surface area (Å²) < 4.78 is 14.8. The summed E-state index contributed by atoms with van der Waals surface area (Å²) in [6.07, 6.45) is 0. The van der Waals surface area contributed by atoms with Gasteiger partial charge in [0.15, 0.2) is 11.5 Å². The van der Waals surface area contributed by atoms with E-state index in [1.165, 1.54) is 57.7 Å². The first-order chi connectivity index (χ1) is 12.5. The maximum atomic E-state index is 12.2. The molecule has 0 atom stereocenters. The number of amides is 2. The highest BCUT2D eigenvalue weighted by Gasteiger charge is 2.14. The Morgan fingerprint density at radius 2 is 1.31 bits per heavy atom. The number of esters is 1. The zero-order valence-electron chi connectivity index (χ0n) is 14.5. The zero-order valence-corrected chi connectivity index (χ0v) is 14.5. The predicted molar refractivity (Wildman–Crippen MR) is 92.3 cm³/mol. The molecule has 0 radical (unpaired) electrons. The minimum absolute atomic E-state index is 0.195. The summed E-state index contributed by atoms with van der Waals surface area (Å²) in [5.74, 6) is -0.813. The smallest absolute Gasteiger partial charge is 0.337 e. The molecule has 0 aliphatic rings. The van der Waals surface area contributed by atoms with Crippen LogP contribution in [0.2, 0.25) is 0 Å². The van der Waals surface area contributed by atoms with Gasteiger partial charge in [-0.2, -0.15) is 0 Å². The van der Waals surface area contributed by atoms with Gasteiger partial charge in [-0.1, -0.05) is 6.07 Å². The average molecular weight is 358 g/mol. The number of ether oxygens (including phenoxy) is 3. The molecule has 0 heterocycles. The molecule has 2 rings (SSSR count). The van der Waals surface area contributed by atoms with Crippen molar-refractivity contribution >= 4 is 17.8 Å². The van der Waals surface area contributed by atoms with Gasteiger partial charge < -0.3 is 14.2 Å². The van der Waals surface area contributed by atoms with E-state index in [0.717, 1.165) is 0 Å². The summed E-state index contributed by atoms with van der Waals surface area (Å²) in [5.41, 5.74) is 5.28. The van der Waals surface area contributed by atoms with Crippen LogP contribution < -0.4 is 20.3 Å². The monoisotopic (exact) mass is 358 g/mol. The highest BCUT2D eigenvalue weighted by atomic mass is 16.5. The first-order valence-electron chi connectivity index (χ1n) is 7.51. The van der Waals surface area contributed by atoms with Crippen LogP contribution in [0.5, 0.6) is 11.5 Å². The van der Waals surface area contributed by atoms with E-state index in [2.05, 4.69) is 15.6 Å². The van der Waals surface area contributed by atoms with Gasteiger partial charge in [-0.15, -0.1) is 0 Å². The topological polar surface area (TPSA) is 103 Å². The van der Waals surface area contributed by atoms with Gasteiger partial charge in [0, 0.05) is 11.1 Å². The molecular weight excluding hydrogens is 340 g/mol. The van der Waals surface area contributed by atoms with Gasteiger partial charge in [0.25, 0.3) is 11.8 Å². The van der Waals surface area contributed by atoms with Gasteiger partial charge in [0.1, 0.15) is 0 Å². The third-order valence-electron chi connectivity index (χ3n) is 3.48. The first kappa shape index (κ1) is 18.8. The average Bonchev–Trinajstić information content (AvgIpc) is 2.70. The highest BCUT2D eigenvalue weighted by molar-refractivity contribution is 6.00. The Morgan fingerprint density at radius 1 is 0.731 bits per heavy atom. The van der Waals surface area contributed by atoms with E-state index in [0.29, 0.717) is 11.5 Å². The molecule has 136 valence electrons. The molecule has 0 bridgehead atoms. The number of carbonyl (C=O) groups excluding carboxylic acids is 3. The highest BCUT2D eigenvalue weighted by Crippen LogP contribution is 2.27. The van der Waals surface area contributed by atoms with Gasteiger partial charge >= 0.3 is 5.97 Å². The lowest BCUT2D eigenvalue weighted by molar-refractivity contribution is 0.0600. The van der Waals surface area contributed by atoms with Crippen LogP contribution in [-0.2, 0) is 4.74 Å². The van der Waals surface area contributed by atoms with E-state index in [4.69, 9.17) is 9.47 Å². The van der Waals surface area contributed by atoms with Crippen molar-refractivity contribution in [2.24, 2.45) is 0 Å². The molecule has 2 amide bonds. The van der Waals surface area contributed by atoms with E-state index in [9.17, 15) is 14.4 Å². The number of hydrogen-bond donors (Lipinski definition) is 2. The third kappa shape index (κ3) is 4.29. The minimum Gasteiger partial charge on any atom is -0.493 e.